The van der Waals surface area contributed by atoms with Crippen LogP contribution in [0.2, 0.25) is 0 Å². The number of carbonyl (C=O) groups excluding carboxylic acids is 1. The van der Waals surface area contributed by atoms with Crippen molar-refractivity contribution in [1.82, 2.24) is 4.98 Å². The Morgan fingerprint density at radius 2 is 1.62 bits per heavy atom. The summed E-state index contributed by atoms with van der Waals surface area (Å²) in [6.45, 7) is 3.91. The molecule has 0 saturated heterocycles. The molecule has 4 rings (SSSR count). The molecule has 0 bridgehead atoms. The van der Waals surface area contributed by atoms with Crippen LogP contribution in [0.1, 0.15) is 32.7 Å². The van der Waals surface area contributed by atoms with Gasteiger partial charge in [-0.05, 0) is 67.9 Å². The smallest absolute Gasteiger partial charge is 0.281 e. The number of methoxy groups -OCH3 is 1. The number of ether oxygens (including phenoxy) is 1. The molecule has 0 aliphatic rings. The Labute approximate surface area is 197 Å². The normalized spacial score (nSPS) is 10.8. The van der Waals surface area contributed by atoms with Crippen molar-refractivity contribution >= 4 is 18.0 Å². The van der Waals surface area contributed by atoms with Gasteiger partial charge in [0.1, 0.15) is 11.8 Å². The zero-order chi connectivity index (χ0) is 24.1. The number of aromatic nitrogens is 1. The van der Waals surface area contributed by atoms with Crippen molar-refractivity contribution in [3.05, 3.63) is 101 Å². The van der Waals surface area contributed by atoms with Gasteiger partial charge >= 0.3 is 0 Å². The number of nitriles is 1. The molecular weight excluding hydrogens is 428 g/mol. The summed E-state index contributed by atoms with van der Waals surface area (Å²) in [5.41, 5.74) is 3.88. The largest absolute Gasteiger partial charge is 0.497 e. The second-order valence-electron chi connectivity index (χ2n) is 7.65. The Morgan fingerprint density at radius 3 is 2.21 bits per heavy atom. The number of hydrazone groups is 1. The third-order valence-electron chi connectivity index (χ3n) is 5.14. The summed E-state index contributed by atoms with van der Waals surface area (Å²) in [6.07, 6.45) is 1.51. The molecule has 0 unspecified atom stereocenters. The maximum atomic E-state index is 13.4. The fourth-order valence-electron chi connectivity index (χ4n) is 3.18. The highest BCUT2D eigenvalue weighted by atomic mass is 16.5. The van der Waals surface area contributed by atoms with Gasteiger partial charge in [-0.25, -0.2) is 0 Å². The van der Waals surface area contributed by atoms with Crippen molar-refractivity contribution in [3.8, 4) is 23.3 Å². The van der Waals surface area contributed by atoms with Gasteiger partial charge < -0.3 is 9.15 Å². The monoisotopic (exact) mass is 450 g/mol. The van der Waals surface area contributed by atoms with E-state index in [4.69, 9.17) is 9.15 Å². The highest BCUT2D eigenvalue weighted by Gasteiger charge is 2.26. The molecule has 0 fully saturated rings. The molecule has 3 aromatic carbocycles. The zero-order valence-corrected chi connectivity index (χ0v) is 19.0. The minimum absolute atomic E-state index is 0.0390. The first-order valence-corrected chi connectivity index (χ1v) is 10.6. The molecule has 0 aliphatic carbocycles. The minimum atomic E-state index is -0.451. The van der Waals surface area contributed by atoms with Gasteiger partial charge in [0.15, 0.2) is 0 Å². The van der Waals surface area contributed by atoms with E-state index in [1.807, 2.05) is 56.3 Å². The average Bonchev–Trinajstić information content (AvgIpc) is 3.29. The Hall–Kier alpha value is -4.70. The Balaban J connectivity index is 1.77. The lowest BCUT2D eigenvalue weighted by Gasteiger charge is -2.14. The molecular formula is C27H22N4O3. The second kappa shape index (κ2) is 9.84. The van der Waals surface area contributed by atoms with Crippen molar-refractivity contribution < 1.29 is 13.9 Å². The highest BCUT2D eigenvalue weighted by molar-refractivity contribution is 6.06. The van der Waals surface area contributed by atoms with Gasteiger partial charge in [0.25, 0.3) is 11.8 Å². The first-order valence-electron chi connectivity index (χ1n) is 10.6. The first-order chi connectivity index (χ1) is 16.5. The molecule has 34 heavy (non-hydrogen) atoms. The van der Waals surface area contributed by atoms with Gasteiger partial charge in [0.05, 0.1) is 13.3 Å². The van der Waals surface area contributed by atoms with E-state index in [0.29, 0.717) is 16.9 Å². The fraction of sp³-hybridized carbons (Fsp3) is 0.111. The van der Waals surface area contributed by atoms with Crippen LogP contribution >= 0.6 is 0 Å². The number of hydrogen-bond acceptors (Lipinski definition) is 6. The summed E-state index contributed by atoms with van der Waals surface area (Å²) >= 11 is 0. The zero-order valence-electron chi connectivity index (χ0n) is 19.0. The molecule has 0 radical (unpaired) electrons. The summed E-state index contributed by atoms with van der Waals surface area (Å²) in [4.78, 5) is 17.7. The van der Waals surface area contributed by atoms with Gasteiger partial charge in [0, 0.05) is 11.1 Å². The van der Waals surface area contributed by atoms with Crippen LogP contribution in [-0.4, -0.2) is 24.2 Å². The van der Waals surface area contributed by atoms with Crippen LogP contribution < -0.4 is 9.75 Å². The predicted octanol–water partition coefficient (Wildman–Crippen LogP) is 5.52. The summed E-state index contributed by atoms with van der Waals surface area (Å²) < 4.78 is 11.1. The van der Waals surface area contributed by atoms with Crippen LogP contribution in [0.5, 0.6) is 5.75 Å². The van der Waals surface area contributed by atoms with E-state index >= 15 is 0 Å². The van der Waals surface area contributed by atoms with E-state index in [1.165, 1.54) is 6.21 Å². The fourth-order valence-corrected chi connectivity index (χ4v) is 3.18. The van der Waals surface area contributed by atoms with Crippen LogP contribution in [0, 0.1) is 25.2 Å². The maximum Gasteiger partial charge on any atom is 0.281 e. The maximum absolute atomic E-state index is 13.4. The van der Waals surface area contributed by atoms with Gasteiger partial charge in [0.2, 0.25) is 11.6 Å². The topological polar surface area (TPSA) is 91.7 Å². The number of hydrogen-bond donors (Lipinski definition) is 0. The molecule has 0 N–H and O–H groups in total. The second-order valence-corrected chi connectivity index (χ2v) is 7.65. The van der Waals surface area contributed by atoms with Crippen LogP contribution in [0.25, 0.3) is 11.5 Å². The number of nitrogens with zero attached hydrogens (tertiary/aromatic N) is 4. The van der Waals surface area contributed by atoms with Crippen LogP contribution in [0.4, 0.5) is 5.88 Å². The molecule has 0 aliphatic heterocycles. The number of benzene rings is 3. The quantitative estimate of drug-likeness (QED) is 0.285. The van der Waals surface area contributed by atoms with E-state index in [2.05, 4.69) is 10.1 Å². The lowest BCUT2D eigenvalue weighted by Crippen LogP contribution is -2.26. The van der Waals surface area contributed by atoms with Gasteiger partial charge in [-0.15, -0.1) is 0 Å². The Morgan fingerprint density at radius 1 is 1.00 bits per heavy atom. The molecule has 168 valence electrons. The van der Waals surface area contributed by atoms with Crippen LogP contribution in [0.15, 0.2) is 82.3 Å². The highest BCUT2D eigenvalue weighted by Crippen LogP contribution is 2.30. The molecule has 0 spiro atoms. The molecule has 1 amide bonds. The van der Waals surface area contributed by atoms with Crippen LogP contribution in [-0.2, 0) is 0 Å². The Kier molecular flexibility index (Phi) is 6.51. The van der Waals surface area contributed by atoms with E-state index in [9.17, 15) is 10.1 Å². The molecule has 0 atom stereocenters. The van der Waals surface area contributed by atoms with Gasteiger partial charge in [-0.1, -0.05) is 35.4 Å². The van der Waals surface area contributed by atoms with Crippen LogP contribution in [0.3, 0.4) is 0 Å². The van der Waals surface area contributed by atoms with Crippen molar-refractivity contribution in [2.45, 2.75) is 13.8 Å². The summed E-state index contributed by atoms with van der Waals surface area (Å²) in [5.74, 6) is 0.434. The standard InChI is InChI=1S/C27H22N4O3/c1-18-4-10-21(11-5-18)25-30-24(16-28)27(34-25)31(26(32)22-12-6-19(2)7-13-22)29-17-20-8-14-23(33-3)15-9-20/h4-15,17H,1-3H3/b29-17+. The Bertz CT molecular complexity index is 1360. The SMILES string of the molecule is COc1ccc(/C=N/N(C(=O)c2ccc(C)cc2)c2oc(-c3ccc(C)cc3)nc2C#N)cc1. The third-order valence-corrected chi connectivity index (χ3v) is 5.14. The number of oxazole rings is 1. The minimum Gasteiger partial charge on any atom is -0.497 e. The molecule has 7 heteroatoms. The van der Waals surface area contributed by atoms with E-state index in [-0.39, 0.29) is 17.5 Å². The number of aryl methyl sites for hydroxylation is 2. The van der Waals surface area contributed by atoms with Crippen molar-refractivity contribution in [3.63, 3.8) is 0 Å². The van der Waals surface area contributed by atoms with Crippen molar-refractivity contribution in [1.29, 1.82) is 5.26 Å². The lowest BCUT2D eigenvalue weighted by molar-refractivity contribution is 0.0983. The lowest BCUT2D eigenvalue weighted by atomic mass is 10.1. The molecule has 1 heterocycles. The molecule has 7 nitrogen and oxygen atoms in total. The number of rotatable bonds is 6. The third kappa shape index (κ3) is 4.87. The predicted molar refractivity (Wildman–Crippen MR) is 130 cm³/mol. The summed E-state index contributed by atoms with van der Waals surface area (Å²) in [5, 5.41) is 15.2. The number of anilines is 1. The first kappa shape index (κ1) is 22.5. The molecule has 4 aromatic rings. The average molecular weight is 450 g/mol. The molecule has 1 aromatic heterocycles. The summed E-state index contributed by atoms with van der Waals surface area (Å²) in [7, 11) is 1.59. The number of amides is 1. The van der Waals surface area contributed by atoms with E-state index in [1.54, 1.807) is 43.5 Å². The van der Waals surface area contributed by atoms with Gasteiger partial charge in [-0.3, -0.25) is 4.79 Å². The van der Waals surface area contributed by atoms with Crippen molar-refractivity contribution in [2.24, 2.45) is 5.10 Å². The summed E-state index contributed by atoms with van der Waals surface area (Å²) in [6, 6.07) is 23.8. The van der Waals surface area contributed by atoms with Crippen molar-refractivity contribution in [2.75, 3.05) is 12.1 Å². The van der Waals surface area contributed by atoms with Gasteiger partial charge in [-0.2, -0.15) is 20.4 Å². The van der Waals surface area contributed by atoms with E-state index in [0.717, 1.165) is 21.7 Å². The molecule has 0 saturated carbocycles. The van der Waals surface area contributed by atoms with E-state index < -0.39 is 5.91 Å². The number of carbonyl (C=O) groups is 1.